The normalized spacial score (nSPS) is 17.3. The van der Waals surface area contributed by atoms with Crippen LogP contribution in [0.5, 0.6) is 5.75 Å². The van der Waals surface area contributed by atoms with Crippen LogP contribution in [0.4, 0.5) is 6.01 Å². The zero-order valence-corrected chi connectivity index (χ0v) is 17.9. The van der Waals surface area contributed by atoms with Gasteiger partial charge in [0.05, 0.1) is 7.11 Å². The van der Waals surface area contributed by atoms with Crippen LogP contribution < -0.4 is 15.0 Å². The van der Waals surface area contributed by atoms with Crippen LogP contribution in [0.2, 0.25) is 0 Å². The first-order valence-corrected chi connectivity index (χ1v) is 10.9. The SMILES string of the molecule is COc1ccc(-c2noc(N3CCC(C(=O)NCCCN4CCCC4=O)CC3)n2)cc1. The molecule has 2 aliphatic rings. The van der Waals surface area contributed by atoms with E-state index in [1.165, 1.54) is 0 Å². The highest BCUT2D eigenvalue weighted by molar-refractivity contribution is 5.79. The molecule has 4 rings (SSSR count). The van der Waals surface area contributed by atoms with Crippen molar-refractivity contribution in [1.29, 1.82) is 0 Å². The van der Waals surface area contributed by atoms with Gasteiger partial charge in [-0.1, -0.05) is 5.16 Å². The van der Waals surface area contributed by atoms with Gasteiger partial charge in [-0.25, -0.2) is 0 Å². The minimum absolute atomic E-state index is 0.00588. The fraction of sp³-hybridized carbons (Fsp3) is 0.545. The van der Waals surface area contributed by atoms with Gasteiger partial charge in [0.15, 0.2) is 0 Å². The number of benzene rings is 1. The van der Waals surface area contributed by atoms with Gasteiger partial charge in [0.2, 0.25) is 17.6 Å². The summed E-state index contributed by atoms with van der Waals surface area (Å²) in [5.74, 6) is 1.63. The maximum Gasteiger partial charge on any atom is 0.324 e. The molecule has 2 saturated heterocycles. The summed E-state index contributed by atoms with van der Waals surface area (Å²) in [5.41, 5.74) is 0.862. The van der Waals surface area contributed by atoms with Crippen LogP contribution in [0, 0.1) is 5.92 Å². The first-order valence-electron chi connectivity index (χ1n) is 10.9. The molecular formula is C22H29N5O4. The van der Waals surface area contributed by atoms with E-state index in [2.05, 4.69) is 15.5 Å². The second kappa shape index (κ2) is 9.80. The second-order valence-corrected chi connectivity index (χ2v) is 8.02. The van der Waals surface area contributed by atoms with Crippen LogP contribution in [0.1, 0.15) is 32.1 Å². The molecule has 1 aromatic heterocycles. The summed E-state index contributed by atoms with van der Waals surface area (Å²) in [7, 11) is 1.63. The molecule has 9 heteroatoms. The van der Waals surface area contributed by atoms with Crippen LogP contribution in [0.3, 0.4) is 0 Å². The topological polar surface area (TPSA) is 101 Å². The van der Waals surface area contributed by atoms with Crippen molar-refractivity contribution in [2.45, 2.75) is 32.1 Å². The number of piperidine rings is 1. The van der Waals surface area contributed by atoms with Crippen LogP contribution in [-0.2, 0) is 9.59 Å². The average Bonchev–Trinajstić information content (AvgIpc) is 3.46. The van der Waals surface area contributed by atoms with Crippen molar-refractivity contribution in [2.24, 2.45) is 5.92 Å². The summed E-state index contributed by atoms with van der Waals surface area (Å²) in [4.78, 5) is 32.5. The molecule has 0 radical (unpaired) electrons. The molecule has 9 nitrogen and oxygen atoms in total. The number of aromatic nitrogens is 2. The van der Waals surface area contributed by atoms with Crippen molar-refractivity contribution in [3.8, 4) is 17.1 Å². The van der Waals surface area contributed by atoms with Gasteiger partial charge in [0.1, 0.15) is 5.75 Å². The number of amides is 2. The maximum atomic E-state index is 12.5. The lowest BCUT2D eigenvalue weighted by molar-refractivity contribution is -0.127. The Balaban J connectivity index is 1.21. The van der Waals surface area contributed by atoms with Crippen molar-refractivity contribution in [2.75, 3.05) is 44.7 Å². The van der Waals surface area contributed by atoms with Crippen molar-refractivity contribution in [3.05, 3.63) is 24.3 Å². The molecule has 3 heterocycles. The Bertz CT molecular complexity index is 890. The molecule has 2 aliphatic heterocycles. The molecular weight excluding hydrogens is 398 g/mol. The molecule has 1 N–H and O–H groups in total. The highest BCUT2D eigenvalue weighted by Crippen LogP contribution is 2.25. The van der Waals surface area contributed by atoms with Gasteiger partial charge in [-0.2, -0.15) is 4.98 Å². The first-order chi connectivity index (χ1) is 15.1. The van der Waals surface area contributed by atoms with Crippen LogP contribution in [0.15, 0.2) is 28.8 Å². The number of nitrogens with one attached hydrogen (secondary N) is 1. The molecule has 31 heavy (non-hydrogen) atoms. The Labute approximate surface area is 181 Å². The van der Waals surface area contributed by atoms with E-state index < -0.39 is 0 Å². The maximum absolute atomic E-state index is 12.5. The van der Waals surface area contributed by atoms with Crippen molar-refractivity contribution in [1.82, 2.24) is 20.4 Å². The lowest BCUT2D eigenvalue weighted by atomic mass is 9.96. The minimum Gasteiger partial charge on any atom is -0.497 e. The van der Waals surface area contributed by atoms with Gasteiger partial charge in [-0.3, -0.25) is 9.59 Å². The lowest BCUT2D eigenvalue weighted by Gasteiger charge is -2.29. The highest BCUT2D eigenvalue weighted by atomic mass is 16.5. The summed E-state index contributed by atoms with van der Waals surface area (Å²) < 4.78 is 10.6. The molecule has 1 aromatic carbocycles. The smallest absolute Gasteiger partial charge is 0.324 e. The van der Waals surface area contributed by atoms with E-state index in [1.54, 1.807) is 7.11 Å². The van der Waals surface area contributed by atoms with Gasteiger partial charge in [-0.05, 0) is 49.9 Å². The molecule has 2 amide bonds. The van der Waals surface area contributed by atoms with E-state index in [4.69, 9.17) is 9.26 Å². The zero-order chi connectivity index (χ0) is 21.6. The Hall–Kier alpha value is -3.10. The number of rotatable bonds is 8. The molecule has 0 aliphatic carbocycles. The third-order valence-corrected chi connectivity index (χ3v) is 5.98. The Kier molecular flexibility index (Phi) is 6.69. The lowest BCUT2D eigenvalue weighted by Crippen LogP contribution is -2.41. The number of methoxy groups -OCH3 is 1. The van der Waals surface area contributed by atoms with E-state index in [9.17, 15) is 9.59 Å². The monoisotopic (exact) mass is 427 g/mol. The summed E-state index contributed by atoms with van der Waals surface area (Å²) in [6.45, 7) is 3.58. The van der Waals surface area contributed by atoms with Gasteiger partial charge >= 0.3 is 6.01 Å². The predicted molar refractivity (Wildman–Crippen MR) is 115 cm³/mol. The van der Waals surface area contributed by atoms with Crippen molar-refractivity contribution < 1.29 is 18.8 Å². The van der Waals surface area contributed by atoms with Crippen LogP contribution in [-0.4, -0.2) is 66.7 Å². The molecule has 0 saturated carbocycles. The Morgan fingerprint density at radius 2 is 2.00 bits per heavy atom. The molecule has 166 valence electrons. The van der Waals surface area contributed by atoms with Crippen molar-refractivity contribution in [3.63, 3.8) is 0 Å². The number of likely N-dealkylation sites (tertiary alicyclic amines) is 1. The van der Waals surface area contributed by atoms with E-state index in [0.717, 1.165) is 50.1 Å². The number of hydrogen-bond donors (Lipinski definition) is 1. The third-order valence-electron chi connectivity index (χ3n) is 5.98. The molecule has 0 unspecified atom stereocenters. The van der Waals surface area contributed by atoms with E-state index >= 15 is 0 Å². The summed E-state index contributed by atoms with van der Waals surface area (Å²) in [6.07, 6.45) is 3.90. The van der Waals surface area contributed by atoms with Crippen LogP contribution >= 0.6 is 0 Å². The van der Waals surface area contributed by atoms with Gasteiger partial charge < -0.3 is 24.4 Å². The fourth-order valence-electron chi connectivity index (χ4n) is 4.10. The van der Waals surface area contributed by atoms with Crippen LogP contribution in [0.25, 0.3) is 11.4 Å². The quantitative estimate of drug-likeness (QED) is 0.644. The van der Waals surface area contributed by atoms with E-state index in [-0.39, 0.29) is 17.7 Å². The summed E-state index contributed by atoms with van der Waals surface area (Å²) >= 11 is 0. The van der Waals surface area contributed by atoms with Crippen molar-refractivity contribution >= 4 is 17.8 Å². The standard InChI is InChI=1S/C22H29N5O4/c1-30-18-7-5-16(6-8-18)20-24-22(31-25-20)27-14-9-17(10-15-27)21(29)23-11-3-13-26-12-2-4-19(26)28/h5-8,17H,2-4,9-15H2,1H3,(H,23,29). The third kappa shape index (κ3) is 5.15. The Morgan fingerprint density at radius 1 is 1.23 bits per heavy atom. The molecule has 2 fully saturated rings. The number of carbonyl (C=O) groups excluding carboxylic acids is 2. The molecule has 0 atom stereocenters. The number of ether oxygens (including phenoxy) is 1. The summed E-state index contributed by atoms with van der Waals surface area (Å²) in [6, 6.07) is 7.99. The highest BCUT2D eigenvalue weighted by Gasteiger charge is 2.27. The second-order valence-electron chi connectivity index (χ2n) is 8.02. The fourth-order valence-corrected chi connectivity index (χ4v) is 4.10. The van der Waals surface area contributed by atoms with E-state index in [0.29, 0.717) is 37.9 Å². The molecule has 2 aromatic rings. The first kappa shape index (κ1) is 21.1. The van der Waals surface area contributed by atoms with E-state index in [1.807, 2.05) is 34.1 Å². The Morgan fingerprint density at radius 3 is 2.68 bits per heavy atom. The number of carbonyl (C=O) groups is 2. The largest absolute Gasteiger partial charge is 0.497 e. The number of hydrogen-bond acceptors (Lipinski definition) is 7. The summed E-state index contributed by atoms with van der Waals surface area (Å²) in [5, 5.41) is 7.11. The minimum atomic E-state index is -0.00588. The van der Waals surface area contributed by atoms with Gasteiger partial charge in [-0.15, -0.1) is 0 Å². The molecule has 0 bridgehead atoms. The average molecular weight is 428 g/mol. The van der Waals surface area contributed by atoms with Gasteiger partial charge in [0.25, 0.3) is 0 Å². The molecule has 0 spiro atoms. The predicted octanol–water partition coefficient (Wildman–Crippen LogP) is 2.09. The number of anilines is 1. The zero-order valence-electron chi connectivity index (χ0n) is 17.9. The van der Waals surface area contributed by atoms with Gasteiger partial charge in [0, 0.05) is 50.6 Å². The number of nitrogens with zero attached hydrogens (tertiary/aromatic N) is 4.